The van der Waals surface area contributed by atoms with E-state index >= 15 is 0 Å². The van der Waals surface area contributed by atoms with Crippen LogP contribution in [0.5, 0.6) is 0 Å². The molecule has 0 aliphatic carbocycles. The minimum atomic E-state index is -0.381. The van der Waals surface area contributed by atoms with Crippen LogP contribution in [0.15, 0.2) is 22.7 Å². The normalized spacial score (nSPS) is 18.1. The number of carboxylic acid groups (broad SMARTS) is 1. The Labute approximate surface area is 132 Å². The molecular formula is C15H18FN3O4. The van der Waals surface area contributed by atoms with Gasteiger partial charge in [-0.15, -0.1) is 0 Å². The number of rotatable bonds is 2. The SMILES string of the molecule is CN1CCCC(C(=O)Nc2noc3ccc(F)cc23)C1.O=CO. The van der Waals surface area contributed by atoms with E-state index in [1.54, 1.807) is 0 Å². The van der Waals surface area contributed by atoms with Crippen molar-refractivity contribution >= 4 is 29.2 Å². The van der Waals surface area contributed by atoms with Gasteiger partial charge < -0.3 is 19.8 Å². The molecule has 1 aliphatic rings. The van der Waals surface area contributed by atoms with Crippen molar-refractivity contribution in [2.75, 3.05) is 25.5 Å². The van der Waals surface area contributed by atoms with Crippen molar-refractivity contribution < 1.29 is 23.6 Å². The second-order valence-corrected chi connectivity index (χ2v) is 5.37. The van der Waals surface area contributed by atoms with Crippen LogP contribution in [-0.2, 0) is 9.59 Å². The standard InChI is InChI=1S/C14H16FN3O2.CH2O2/c1-18-6-2-3-9(8-18)14(19)16-13-11-7-10(15)4-5-12(11)20-17-13;2-1-3/h4-5,7,9H,2-3,6,8H2,1H3,(H,16,17,19);1H,(H,2,3). The van der Waals surface area contributed by atoms with Crippen molar-refractivity contribution in [3.8, 4) is 0 Å². The Balaban J connectivity index is 0.000000595. The maximum atomic E-state index is 13.2. The van der Waals surface area contributed by atoms with E-state index < -0.39 is 0 Å². The molecule has 1 fully saturated rings. The van der Waals surface area contributed by atoms with Crippen molar-refractivity contribution in [1.29, 1.82) is 0 Å². The average Bonchev–Trinajstić information content (AvgIpc) is 2.90. The highest BCUT2D eigenvalue weighted by Crippen LogP contribution is 2.25. The molecule has 1 aromatic carbocycles. The number of nitrogens with zero attached hydrogens (tertiary/aromatic N) is 2. The Bertz CT molecular complexity index is 688. The van der Waals surface area contributed by atoms with Crippen LogP contribution in [0.4, 0.5) is 10.2 Å². The Kier molecular flexibility index (Phi) is 5.64. The van der Waals surface area contributed by atoms with Crippen LogP contribution < -0.4 is 5.32 Å². The fourth-order valence-electron chi connectivity index (χ4n) is 2.60. The molecule has 1 aliphatic heterocycles. The van der Waals surface area contributed by atoms with Gasteiger partial charge in [0.15, 0.2) is 11.4 Å². The molecule has 3 rings (SSSR count). The molecule has 1 saturated heterocycles. The van der Waals surface area contributed by atoms with Gasteiger partial charge in [-0.2, -0.15) is 0 Å². The molecule has 8 heteroatoms. The molecule has 2 N–H and O–H groups in total. The van der Waals surface area contributed by atoms with Crippen LogP contribution in [0, 0.1) is 11.7 Å². The lowest BCUT2D eigenvalue weighted by Gasteiger charge is -2.28. The Hall–Kier alpha value is -2.48. The van der Waals surface area contributed by atoms with Gasteiger partial charge in [0.1, 0.15) is 5.82 Å². The first kappa shape index (κ1) is 16.9. The van der Waals surface area contributed by atoms with Gasteiger partial charge in [0.05, 0.1) is 11.3 Å². The largest absolute Gasteiger partial charge is 0.483 e. The van der Waals surface area contributed by atoms with E-state index in [0.717, 1.165) is 25.9 Å². The van der Waals surface area contributed by atoms with E-state index in [9.17, 15) is 9.18 Å². The number of hydrogen-bond acceptors (Lipinski definition) is 5. The zero-order valence-electron chi connectivity index (χ0n) is 12.7. The van der Waals surface area contributed by atoms with Gasteiger partial charge >= 0.3 is 0 Å². The summed E-state index contributed by atoms with van der Waals surface area (Å²) < 4.78 is 18.3. The number of hydrogen-bond donors (Lipinski definition) is 2. The van der Waals surface area contributed by atoms with E-state index in [1.165, 1.54) is 18.2 Å². The monoisotopic (exact) mass is 323 g/mol. The number of aromatic nitrogens is 1. The molecule has 124 valence electrons. The van der Waals surface area contributed by atoms with Gasteiger partial charge in [0, 0.05) is 6.54 Å². The first-order valence-corrected chi connectivity index (χ1v) is 7.17. The fraction of sp³-hybridized carbons (Fsp3) is 0.400. The molecule has 0 radical (unpaired) electrons. The van der Waals surface area contributed by atoms with Crippen molar-refractivity contribution in [1.82, 2.24) is 10.1 Å². The Morgan fingerprint density at radius 2 is 2.30 bits per heavy atom. The molecule has 1 aromatic heterocycles. The molecule has 0 spiro atoms. The third kappa shape index (κ3) is 4.26. The molecular weight excluding hydrogens is 305 g/mol. The molecule has 0 saturated carbocycles. The summed E-state index contributed by atoms with van der Waals surface area (Å²) in [6.45, 7) is 1.50. The number of likely N-dealkylation sites (tertiary alicyclic amines) is 1. The van der Waals surface area contributed by atoms with Crippen LogP contribution in [0.25, 0.3) is 11.0 Å². The summed E-state index contributed by atoms with van der Waals surface area (Å²) in [5, 5.41) is 13.9. The number of anilines is 1. The second-order valence-electron chi connectivity index (χ2n) is 5.37. The summed E-state index contributed by atoms with van der Waals surface area (Å²) in [4.78, 5) is 22.7. The smallest absolute Gasteiger partial charge is 0.290 e. The highest BCUT2D eigenvalue weighted by Gasteiger charge is 2.25. The number of carbonyl (C=O) groups is 2. The lowest BCUT2D eigenvalue weighted by atomic mass is 9.97. The number of fused-ring (bicyclic) bond motifs is 1. The first-order valence-electron chi connectivity index (χ1n) is 7.17. The predicted molar refractivity (Wildman–Crippen MR) is 81.5 cm³/mol. The van der Waals surface area contributed by atoms with Crippen LogP contribution in [0.3, 0.4) is 0 Å². The molecule has 1 amide bonds. The van der Waals surface area contributed by atoms with Crippen molar-refractivity contribution in [2.45, 2.75) is 12.8 Å². The summed E-state index contributed by atoms with van der Waals surface area (Å²) in [5.41, 5.74) is 0.461. The second kappa shape index (κ2) is 7.68. The molecule has 0 bridgehead atoms. The summed E-state index contributed by atoms with van der Waals surface area (Å²) in [5.74, 6) is -0.239. The van der Waals surface area contributed by atoms with Crippen molar-refractivity contribution in [3.63, 3.8) is 0 Å². The zero-order valence-corrected chi connectivity index (χ0v) is 12.7. The van der Waals surface area contributed by atoms with Gasteiger partial charge in [-0.25, -0.2) is 4.39 Å². The van der Waals surface area contributed by atoms with E-state index in [-0.39, 0.29) is 29.9 Å². The molecule has 1 atom stereocenters. The number of halogens is 1. The van der Waals surface area contributed by atoms with Gasteiger partial charge in [-0.1, -0.05) is 5.16 Å². The van der Waals surface area contributed by atoms with E-state index in [2.05, 4.69) is 15.4 Å². The van der Waals surface area contributed by atoms with E-state index in [4.69, 9.17) is 14.4 Å². The van der Waals surface area contributed by atoms with E-state index in [0.29, 0.717) is 11.0 Å². The summed E-state index contributed by atoms with van der Waals surface area (Å²) >= 11 is 0. The summed E-state index contributed by atoms with van der Waals surface area (Å²) in [7, 11) is 2.00. The first-order chi connectivity index (χ1) is 11.0. The average molecular weight is 323 g/mol. The minimum absolute atomic E-state index is 0.0611. The maximum Gasteiger partial charge on any atom is 0.290 e. The third-order valence-electron chi connectivity index (χ3n) is 3.67. The van der Waals surface area contributed by atoms with Gasteiger partial charge in [0.2, 0.25) is 5.91 Å². The van der Waals surface area contributed by atoms with Crippen LogP contribution >= 0.6 is 0 Å². The third-order valence-corrected chi connectivity index (χ3v) is 3.67. The highest BCUT2D eigenvalue weighted by molar-refractivity contribution is 5.99. The number of nitrogens with one attached hydrogen (secondary N) is 1. The van der Waals surface area contributed by atoms with Gasteiger partial charge in [-0.3, -0.25) is 9.59 Å². The number of piperidine rings is 1. The van der Waals surface area contributed by atoms with E-state index in [1.807, 2.05) is 7.05 Å². The van der Waals surface area contributed by atoms with Crippen LogP contribution in [0.1, 0.15) is 12.8 Å². The highest BCUT2D eigenvalue weighted by atomic mass is 19.1. The van der Waals surface area contributed by atoms with Crippen molar-refractivity contribution in [2.24, 2.45) is 5.92 Å². The summed E-state index contributed by atoms with van der Waals surface area (Å²) in [6, 6.07) is 4.12. The van der Waals surface area contributed by atoms with Gasteiger partial charge in [-0.05, 0) is 44.6 Å². The Morgan fingerprint density at radius 1 is 1.57 bits per heavy atom. The molecule has 23 heavy (non-hydrogen) atoms. The van der Waals surface area contributed by atoms with Crippen LogP contribution in [-0.4, -0.2) is 47.7 Å². The Morgan fingerprint density at radius 3 is 3.00 bits per heavy atom. The maximum absolute atomic E-state index is 13.2. The lowest BCUT2D eigenvalue weighted by Crippen LogP contribution is -2.38. The number of benzene rings is 1. The van der Waals surface area contributed by atoms with Gasteiger partial charge in [0.25, 0.3) is 6.47 Å². The molecule has 1 unspecified atom stereocenters. The summed E-state index contributed by atoms with van der Waals surface area (Å²) in [6.07, 6.45) is 1.86. The van der Waals surface area contributed by atoms with Crippen LogP contribution in [0.2, 0.25) is 0 Å². The minimum Gasteiger partial charge on any atom is -0.483 e. The predicted octanol–water partition coefficient (Wildman–Crippen LogP) is 1.95. The van der Waals surface area contributed by atoms with Crippen molar-refractivity contribution in [3.05, 3.63) is 24.0 Å². The zero-order chi connectivity index (χ0) is 16.8. The molecule has 7 nitrogen and oxygen atoms in total. The number of amides is 1. The molecule has 2 heterocycles. The number of carbonyl (C=O) groups excluding carboxylic acids is 1. The fourth-order valence-corrected chi connectivity index (χ4v) is 2.60. The topological polar surface area (TPSA) is 95.7 Å². The quantitative estimate of drug-likeness (QED) is 0.820. The lowest BCUT2D eigenvalue weighted by molar-refractivity contribution is -0.123. The molecule has 2 aromatic rings.